The molecule has 0 aromatic carbocycles. The lowest BCUT2D eigenvalue weighted by atomic mass is 10.3. The van der Waals surface area contributed by atoms with Gasteiger partial charge in [-0.05, 0) is 19.8 Å². The lowest BCUT2D eigenvalue weighted by molar-refractivity contribution is 0.422. The summed E-state index contributed by atoms with van der Waals surface area (Å²) in [6.45, 7) is 7.05. The Labute approximate surface area is 119 Å². The Kier molecular flexibility index (Phi) is 7.46. The number of rotatable bonds is 6. The molecule has 0 N–H and O–H groups in total. The minimum absolute atomic E-state index is 0.316. The van der Waals surface area contributed by atoms with Crippen LogP contribution in [0.25, 0.3) is 0 Å². The zero-order valence-corrected chi connectivity index (χ0v) is 12.5. The predicted octanol–water partition coefficient (Wildman–Crippen LogP) is 2.20. The molecule has 0 aliphatic rings. The van der Waals surface area contributed by atoms with Gasteiger partial charge in [-0.2, -0.15) is 0 Å². The summed E-state index contributed by atoms with van der Waals surface area (Å²) in [6.07, 6.45) is 6.83. The van der Waals surface area contributed by atoms with Crippen molar-refractivity contribution in [2.75, 3.05) is 6.67 Å². The molecule has 0 aliphatic heterocycles. The lowest BCUT2D eigenvalue weighted by Crippen LogP contribution is -1.99. The first-order valence-electron chi connectivity index (χ1n) is 7.01. The van der Waals surface area contributed by atoms with Gasteiger partial charge < -0.3 is 0 Å². The lowest BCUT2D eigenvalue weighted by Gasteiger charge is -1.91. The number of hydrogen-bond donors (Lipinski definition) is 0. The monoisotopic (exact) mass is 281 g/mol. The van der Waals surface area contributed by atoms with Crippen LogP contribution in [0, 0.1) is 6.92 Å². The number of aryl methyl sites for hydroxylation is 4. The molecule has 0 spiro atoms. The van der Waals surface area contributed by atoms with E-state index in [1.807, 2.05) is 17.8 Å². The van der Waals surface area contributed by atoms with Crippen molar-refractivity contribution in [2.24, 2.45) is 0 Å². The zero-order chi connectivity index (χ0) is 14.8. The molecule has 0 atom stereocenters. The maximum atomic E-state index is 11.8. The highest BCUT2D eigenvalue weighted by molar-refractivity contribution is 4.91. The fraction of sp³-hybridized carbons (Fsp3) is 0.692. The molecule has 6 nitrogen and oxygen atoms in total. The van der Waals surface area contributed by atoms with E-state index >= 15 is 0 Å². The summed E-state index contributed by atoms with van der Waals surface area (Å²) < 4.78 is 15.2. The van der Waals surface area contributed by atoms with Gasteiger partial charge in [-0.15, -0.1) is 10.2 Å². The van der Waals surface area contributed by atoms with Gasteiger partial charge >= 0.3 is 0 Å². The molecule has 0 bridgehead atoms. The third-order valence-corrected chi connectivity index (χ3v) is 2.51. The van der Waals surface area contributed by atoms with Crippen molar-refractivity contribution in [1.29, 1.82) is 0 Å². The van der Waals surface area contributed by atoms with Crippen molar-refractivity contribution in [3.8, 4) is 0 Å². The minimum atomic E-state index is -0.380. The standard InChI is InChI=1S/C7H12FN3.C6H11N3/c1-2-3-7-6-11(5-4-8)10-9-7;1-3-4-9-5-6(2)7-8-9/h6H,2-5H2,1H3;5H,3-4H2,1-2H3/i8-1;. The van der Waals surface area contributed by atoms with Crippen LogP contribution in [0.1, 0.15) is 38.1 Å². The zero-order valence-electron chi connectivity index (χ0n) is 12.5. The molecule has 112 valence electrons. The molecule has 0 saturated carbocycles. The summed E-state index contributed by atoms with van der Waals surface area (Å²) in [5, 5.41) is 15.3. The number of halogens is 1. The molecule has 0 aliphatic carbocycles. The van der Waals surface area contributed by atoms with Crippen LogP contribution in [0.5, 0.6) is 0 Å². The molecular formula is C13H23FN6. The highest BCUT2D eigenvalue weighted by Crippen LogP contribution is 1.96. The molecule has 2 aromatic heterocycles. The predicted molar refractivity (Wildman–Crippen MR) is 75.0 cm³/mol. The van der Waals surface area contributed by atoms with E-state index in [9.17, 15) is 4.39 Å². The molecule has 0 unspecified atom stereocenters. The molecule has 2 aromatic rings. The van der Waals surface area contributed by atoms with Crippen LogP contribution >= 0.6 is 0 Å². The average Bonchev–Trinajstić information content (AvgIpc) is 3.02. The first kappa shape index (κ1) is 16.3. The summed E-state index contributed by atoms with van der Waals surface area (Å²) in [7, 11) is 0. The summed E-state index contributed by atoms with van der Waals surface area (Å²) in [4.78, 5) is 0. The van der Waals surface area contributed by atoms with Crippen LogP contribution in [-0.4, -0.2) is 36.7 Å². The Bertz CT molecular complexity index is 458. The second-order valence-electron chi connectivity index (χ2n) is 4.53. The van der Waals surface area contributed by atoms with Gasteiger partial charge in [0.1, 0.15) is 6.67 Å². The molecule has 0 saturated heterocycles. The Morgan fingerprint density at radius 2 is 1.70 bits per heavy atom. The summed E-state index contributed by atoms with van der Waals surface area (Å²) in [5.74, 6) is 0. The van der Waals surface area contributed by atoms with Gasteiger partial charge in [0.15, 0.2) is 0 Å². The SMILES string of the molecule is CCCc1cn(CC[18F])nn1.CCCn1cc(C)nn1. The van der Waals surface area contributed by atoms with Crippen LogP contribution in [-0.2, 0) is 19.5 Å². The van der Waals surface area contributed by atoms with Crippen LogP contribution in [0.15, 0.2) is 12.4 Å². The highest BCUT2D eigenvalue weighted by atomic mass is 18.2. The van der Waals surface area contributed by atoms with E-state index in [2.05, 4.69) is 34.5 Å². The van der Waals surface area contributed by atoms with Crippen LogP contribution in [0.3, 0.4) is 0 Å². The number of alkyl halides is 1. The number of hydrogen-bond acceptors (Lipinski definition) is 4. The Hall–Kier alpha value is -1.79. The largest absolute Gasteiger partial charge is 0.252 e. The highest BCUT2D eigenvalue weighted by Gasteiger charge is 1.97. The smallest absolute Gasteiger partial charge is 0.109 e. The number of nitrogens with zero attached hydrogens (tertiary/aromatic N) is 6. The molecule has 0 fully saturated rings. The normalized spacial score (nSPS) is 10.2. The maximum Gasteiger partial charge on any atom is 0.109 e. The van der Waals surface area contributed by atoms with Crippen molar-refractivity contribution in [3.63, 3.8) is 0 Å². The maximum absolute atomic E-state index is 11.8. The molecule has 2 heterocycles. The topological polar surface area (TPSA) is 61.4 Å². The number of aromatic nitrogens is 6. The van der Waals surface area contributed by atoms with E-state index in [-0.39, 0.29) is 6.67 Å². The van der Waals surface area contributed by atoms with Gasteiger partial charge in [0.05, 0.1) is 17.9 Å². The van der Waals surface area contributed by atoms with E-state index < -0.39 is 0 Å². The van der Waals surface area contributed by atoms with Crippen LogP contribution in [0.4, 0.5) is 4.39 Å². The third kappa shape index (κ3) is 5.90. The van der Waals surface area contributed by atoms with Crippen molar-refractivity contribution >= 4 is 0 Å². The minimum Gasteiger partial charge on any atom is -0.252 e. The summed E-state index contributed by atoms with van der Waals surface area (Å²) in [5.41, 5.74) is 1.93. The summed E-state index contributed by atoms with van der Waals surface area (Å²) in [6, 6.07) is 0. The Morgan fingerprint density at radius 3 is 2.25 bits per heavy atom. The van der Waals surface area contributed by atoms with E-state index in [1.165, 1.54) is 4.68 Å². The third-order valence-electron chi connectivity index (χ3n) is 2.51. The van der Waals surface area contributed by atoms with Crippen molar-refractivity contribution in [2.45, 2.75) is 53.1 Å². The van der Waals surface area contributed by atoms with Gasteiger partial charge in [0.25, 0.3) is 0 Å². The second-order valence-corrected chi connectivity index (χ2v) is 4.53. The van der Waals surface area contributed by atoms with Gasteiger partial charge in [-0.25, -0.2) is 9.07 Å². The average molecular weight is 281 g/mol. The fourth-order valence-corrected chi connectivity index (χ4v) is 1.64. The van der Waals surface area contributed by atoms with Crippen molar-refractivity contribution < 1.29 is 4.39 Å². The van der Waals surface area contributed by atoms with E-state index in [1.54, 1.807) is 6.20 Å². The first-order valence-corrected chi connectivity index (χ1v) is 7.01. The van der Waals surface area contributed by atoms with Crippen LogP contribution < -0.4 is 0 Å². The molecule has 0 amide bonds. The molecular weight excluding hydrogens is 258 g/mol. The fourth-order valence-electron chi connectivity index (χ4n) is 1.64. The Balaban J connectivity index is 0.000000204. The van der Waals surface area contributed by atoms with Gasteiger partial charge in [0, 0.05) is 18.9 Å². The van der Waals surface area contributed by atoms with E-state index in [0.29, 0.717) is 6.54 Å². The van der Waals surface area contributed by atoms with Gasteiger partial charge in [-0.3, -0.25) is 4.68 Å². The Morgan fingerprint density at radius 1 is 1.00 bits per heavy atom. The van der Waals surface area contributed by atoms with Gasteiger partial charge in [-0.1, -0.05) is 30.7 Å². The van der Waals surface area contributed by atoms with E-state index in [0.717, 1.165) is 37.2 Å². The van der Waals surface area contributed by atoms with Crippen molar-refractivity contribution in [1.82, 2.24) is 30.0 Å². The molecule has 20 heavy (non-hydrogen) atoms. The molecule has 2 rings (SSSR count). The van der Waals surface area contributed by atoms with Crippen LogP contribution in [0.2, 0.25) is 0 Å². The molecule has 0 radical (unpaired) electrons. The quantitative estimate of drug-likeness (QED) is 0.814. The van der Waals surface area contributed by atoms with E-state index in [4.69, 9.17) is 0 Å². The summed E-state index contributed by atoms with van der Waals surface area (Å²) >= 11 is 0. The van der Waals surface area contributed by atoms with Gasteiger partial charge in [0.2, 0.25) is 0 Å². The van der Waals surface area contributed by atoms with Crippen molar-refractivity contribution in [3.05, 3.63) is 23.8 Å². The second kappa shape index (κ2) is 9.17. The molecule has 7 heteroatoms. The first-order chi connectivity index (χ1) is 9.69.